The lowest BCUT2D eigenvalue weighted by molar-refractivity contribution is -0.120. The third-order valence-corrected chi connectivity index (χ3v) is 4.89. The van der Waals surface area contributed by atoms with Gasteiger partial charge in [0.05, 0.1) is 6.04 Å². The van der Waals surface area contributed by atoms with E-state index in [2.05, 4.69) is 28.9 Å². The van der Waals surface area contributed by atoms with Crippen molar-refractivity contribution in [2.75, 3.05) is 6.54 Å². The highest BCUT2D eigenvalue weighted by Crippen LogP contribution is 2.26. The maximum atomic E-state index is 12.4. The molecule has 0 aliphatic carbocycles. The van der Waals surface area contributed by atoms with Gasteiger partial charge < -0.3 is 5.32 Å². The van der Waals surface area contributed by atoms with Crippen molar-refractivity contribution in [1.82, 2.24) is 5.32 Å². The Labute approximate surface area is 117 Å². The smallest absolute Gasteiger partial charge is 0.154 e. The van der Waals surface area contributed by atoms with Crippen molar-refractivity contribution in [3.8, 4) is 0 Å². The molecule has 3 rings (SSSR count). The van der Waals surface area contributed by atoms with Crippen molar-refractivity contribution >= 4 is 27.2 Å². The van der Waals surface area contributed by atoms with Gasteiger partial charge in [-0.05, 0) is 41.8 Å². The van der Waals surface area contributed by atoms with Crippen molar-refractivity contribution in [2.45, 2.75) is 38.1 Å². The number of hydrogen-bond donors (Lipinski definition) is 1. The topological polar surface area (TPSA) is 29.1 Å². The fraction of sp³-hybridized carbons (Fsp3) is 0.438. The summed E-state index contributed by atoms with van der Waals surface area (Å²) in [5.41, 5.74) is 1.19. The molecule has 19 heavy (non-hydrogen) atoms. The molecule has 1 aliphatic rings. The van der Waals surface area contributed by atoms with Crippen LogP contribution in [0.2, 0.25) is 0 Å². The molecule has 0 saturated carbocycles. The van der Waals surface area contributed by atoms with E-state index >= 15 is 0 Å². The van der Waals surface area contributed by atoms with Gasteiger partial charge >= 0.3 is 0 Å². The van der Waals surface area contributed by atoms with E-state index in [0.29, 0.717) is 12.2 Å². The van der Waals surface area contributed by atoms with Gasteiger partial charge in [0.15, 0.2) is 5.78 Å². The normalized spacial score (nSPS) is 20.3. The average Bonchev–Trinajstić information content (AvgIpc) is 2.66. The van der Waals surface area contributed by atoms with Crippen LogP contribution in [0.25, 0.3) is 10.1 Å². The summed E-state index contributed by atoms with van der Waals surface area (Å²) >= 11 is 1.73. The Morgan fingerprint density at radius 1 is 1.26 bits per heavy atom. The summed E-state index contributed by atoms with van der Waals surface area (Å²) in [7, 11) is 0. The van der Waals surface area contributed by atoms with E-state index < -0.39 is 0 Å². The van der Waals surface area contributed by atoms with Crippen LogP contribution in [-0.4, -0.2) is 18.4 Å². The first kappa shape index (κ1) is 12.8. The van der Waals surface area contributed by atoms with Crippen LogP contribution in [0.4, 0.5) is 0 Å². The number of benzene rings is 1. The van der Waals surface area contributed by atoms with Crippen molar-refractivity contribution in [3.63, 3.8) is 0 Å². The number of nitrogens with one attached hydrogen (secondary N) is 1. The molecule has 2 nitrogen and oxygen atoms in total. The Bertz CT molecular complexity index is 567. The van der Waals surface area contributed by atoms with Crippen molar-refractivity contribution in [2.24, 2.45) is 0 Å². The zero-order valence-electron chi connectivity index (χ0n) is 11.0. The van der Waals surface area contributed by atoms with E-state index in [1.807, 2.05) is 6.07 Å². The van der Waals surface area contributed by atoms with Crippen molar-refractivity contribution < 1.29 is 4.79 Å². The molecule has 1 saturated heterocycles. The van der Waals surface area contributed by atoms with Crippen molar-refractivity contribution in [1.29, 1.82) is 0 Å². The predicted octanol–water partition coefficient (Wildman–Crippen LogP) is 3.55. The number of Topliss-reactive ketones (excluding diaryl/α,β-unsaturated/α-hetero) is 1. The molecule has 2 heterocycles. The minimum absolute atomic E-state index is 0.0705. The highest BCUT2D eigenvalue weighted by Gasteiger charge is 2.20. The van der Waals surface area contributed by atoms with Gasteiger partial charge in [0.2, 0.25) is 0 Å². The lowest BCUT2D eigenvalue weighted by atomic mass is 10.00. The van der Waals surface area contributed by atoms with Crippen LogP contribution in [0.1, 0.15) is 31.2 Å². The number of hydrogen-bond acceptors (Lipinski definition) is 3. The lowest BCUT2D eigenvalue weighted by Crippen LogP contribution is -2.36. The molecule has 3 heteroatoms. The van der Waals surface area contributed by atoms with Crippen molar-refractivity contribution in [3.05, 3.63) is 35.2 Å². The van der Waals surface area contributed by atoms with Gasteiger partial charge in [-0.25, -0.2) is 0 Å². The quantitative estimate of drug-likeness (QED) is 0.926. The summed E-state index contributed by atoms with van der Waals surface area (Å²) < 4.78 is 1.28. The van der Waals surface area contributed by atoms with E-state index in [1.165, 1.54) is 34.9 Å². The molecule has 1 aromatic carbocycles. The number of ketones is 1. The van der Waals surface area contributed by atoms with E-state index in [-0.39, 0.29) is 6.04 Å². The number of thiophene rings is 1. The number of fused-ring (bicyclic) bond motifs is 1. The summed E-state index contributed by atoms with van der Waals surface area (Å²) in [6.45, 7) is 0.987. The molecule has 1 fully saturated rings. The van der Waals surface area contributed by atoms with E-state index in [0.717, 1.165) is 13.0 Å². The lowest BCUT2D eigenvalue weighted by Gasteiger charge is -2.14. The second kappa shape index (κ2) is 5.85. The summed E-state index contributed by atoms with van der Waals surface area (Å²) in [5.74, 6) is 0.352. The van der Waals surface area contributed by atoms with Crippen LogP contribution in [-0.2, 0) is 11.2 Å². The largest absolute Gasteiger partial charge is 0.307 e. The molecule has 1 aliphatic heterocycles. The maximum Gasteiger partial charge on any atom is 0.154 e. The standard InChI is InChI=1S/C16H19NOS/c18-15(14-7-2-1-5-9-17-14)10-12-11-19-16-8-4-3-6-13(12)16/h3-4,6,8,11,14,17H,1-2,5,7,9-10H2. The first-order valence-electron chi connectivity index (χ1n) is 7.06. The molecule has 2 aromatic rings. The summed E-state index contributed by atoms with van der Waals surface area (Å²) in [6.07, 6.45) is 5.19. The van der Waals surface area contributed by atoms with Gasteiger partial charge in [-0.2, -0.15) is 0 Å². The molecule has 1 atom stereocenters. The Kier molecular flexibility index (Phi) is 3.95. The zero-order valence-corrected chi connectivity index (χ0v) is 11.8. The average molecular weight is 273 g/mol. The molecule has 0 radical (unpaired) electrons. The third kappa shape index (κ3) is 2.88. The Morgan fingerprint density at radius 3 is 3.11 bits per heavy atom. The molecule has 1 aromatic heterocycles. The fourth-order valence-electron chi connectivity index (χ4n) is 2.78. The first-order chi connectivity index (χ1) is 9.34. The zero-order chi connectivity index (χ0) is 13.1. The molecular weight excluding hydrogens is 254 g/mol. The van der Waals surface area contributed by atoms with Crippen LogP contribution < -0.4 is 5.32 Å². The first-order valence-corrected chi connectivity index (χ1v) is 7.94. The number of rotatable bonds is 3. The van der Waals surface area contributed by atoms with E-state index in [4.69, 9.17) is 0 Å². The van der Waals surface area contributed by atoms with Gasteiger partial charge in [-0.1, -0.05) is 31.0 Å². The molecule has 100 valence electrons. The van der Waals surface area contributed by atoms with E-state index in [9.17, 15) is 4.79 Å². The van der Waals surface area contributed by atoms with Crippen LogP contribution in [0, 0.1) is 0 Å². The minimum Gasteiger partial charge on any atom is -0.307 e. The van der Waals surface area contributed by atoms with Gasteiger partial charge in [0.25, 0.3) is 0 Å². The van der Waals surface area contributed by atoms with E-state index in [1.54, 1.807) is 11.3 Å². The molecule has 0 spiro atoms. The van der Waals surface area contributed by atoms with Crippen LogP contribution in [0.3, 0.4) is 0 Å². The van der Waals surface area contributed by atoms with Gasteiger partial charge in [0, 0.05) is 11.1 Å². The number of carbonyl (C=O) groups is 1. The Morgan fingerprint density at radius 2 is 2.16 bits per heavy atom. The Balaban J connectivity index is 1.75. The van der Waals surface area contributed by atoms with Gasteiger partial charge in [-0.3, -0.25) is 4.79 Å². The third-order valence-electron chi connectivity index (χ3n) is 3.87. The van der Waals surface area contributed by atoms with Crippen LogP contribution in [0.15, 0.2) is 29.6 Å². The summed E-state index contributed by atoms with van der Waals surface area (Å²) in [6, 6.07) is 8.41. The molecular formula is C16H19NOS. The maximum absolute atomic E-state index is 12.4. The monoisotopic (exact) mass is 273 g/mol. The highest BCUT2D eigenvalue weighted by atomic mass is 32.1. The minimum atomic E-state index is 0.0705. The Hall–Kier alpha value is -1.19. The fourth-order valence-corrected chi connectivity index (χ4v) is 3.75. The van der Waals surface area contributed by atoms with Gasteiger partial charge in [-0.15, -0.1) is 11.3 Å². The highest BCUT2D eigenvalue weighted by molar-refractivity contribution is 7.17. The second-order valence-electron chi connectivity index (χ2n) is 5.26. The molecule has 0 bridgehead atoms. The van der Waals surface area contributed by atoms with Crippen LogP contribution in [0.5, 0.6) is 0 Å². The molecule has 0 amide bonds. The number of carbonyl (C=O) groups excluding carboxylic acids is 1. The second-order valence-corrected chi connectivity index (χ2v) is 6.17. The molecule has 1 unspecified atom stereocenters. The SMILES string of the molecule is O=C(Cc1csc2ccccc12)C1CCCCCN1. The summed E-state index contributed by atoms with van der Waals surface area (Å²) in [4.78, 5) is 12.4. The molecule has 1 N–H and O–H groups in total. The summed E-state index contributed by atoms with van der Waals surface area (Å²) in [5, 5.41) is 6.78. The predicted molar refractivity (Wildman–Crippen MR) is 80.8 cm³/mol. The van der Waals surface area contributed by atoms with Gasteiger partial charge in [0.1, 0.15) is 0 Å². The van der Waals surface area contributed by atoms with Crippen LogP contribution >= 0.6 is 11.3 Å².